The van der Waals surface area contributed by atoms with Gasteiger partial charge in [-0.25, -0.2) is 9.37 Å². The zero-order valence-electron chi connectivity index (χ0n) is 13.3. The summed E-state index contributed by atoms with van der Waals surface area (Å²) in [4.78, 5) is 17.7. The standard InChI is InChI=1S/C18H18FN5/c19-15-9-14(10-20-11-15)13-23-5-7-24(8-6-23)18-12-21-16-3-1-2-4-17(16)22-18/h1-4,9-12H,5-8,13H2. The largest absolute Gasteiger partial charge is 0.353 e. The van der Waals surface area contributed by atoms with Crippen molar-refractivity contribution >= 4 is 16.9 Å². The Kier molecular flexibility index (Phi) is 4.04. The summed E-state index contributed by atoms with van der Waals surface area (Å²) in [7, 11) is 0. The van der Waals surface area contributed by atoms with Crippen molar-refractivity contribution in [1.29, 1.82) is 0 Å². The van der Waals surface area contributed by atoms with Gasteiger partial charge in [0.05, 0.1) is 23.4 Å². The van der Waals surface area contributed by atoms with E-state index in [1.807, 2.05) is 30.5 Å². The van der Waals surface area contributed by atoms with Gasteiger partial charge in [-0.15, -0.1) is 0 Å². The van der Waals surface area contributed by atoms with Crippen LogP contribution in [-0.4, -0.2) is 46.0 Å². The molecule has 6 heteroatoms. The van der Waals surface area contributed by atoms with Gasteiger partial charge in [-0.1, -0.05) is 12.1 Å². The molecule has 3 heterocycles. The van der Waals surface area contributed by atoms with Crippen molar-refractivity contribution in [3.63, 3.8) is 0 Å². The molecule has 0 aliphatic carbocycles. The first kappa shape index (κ1) is 15.0. The second kappa shape index (κ2) is 6.49. The van der Waals surface area contributed by atoms with E-state index in [9.17, 15) is 4.39 Å². The molecule has 1 aliphatic heterocycles. The summed E-state index contributed by atoms with van der Waals surface area (Å²) < 4.78 is 13.2. The number of rotatable bonds is 3. The van der Waals surface area contributed by atoms with Crippen LogP contribution in [0.15, 0.2) is 48.9 Å². The molecular weight excluding hydrogens is 305 g/mol. The molecule has 24 heavy (non-hydrogen) atoms. The number of pyridine rings is 1. The van der Waals surface area contributed by atoms with Crippen LogP contribution in [0.5, 0.6) is 0 Å². The minimum absolute atomic E-state index is 0.280. The molecule has 2 aromatic heterocycles. The number of anilines is 1. The van der Waals surface area contributed by atoms with Crippen LogP contribution >= 0.6 is 0 Å². The number of hydrogen-bond donors (Lipinski definition) is 0. The molecule has 0 amide bonds. The molecule has 1 fully saturated rings. The second-order valence-electron chi connectivity index (χ2n) is 5.99. The van der Waals surface area contributed by atoms with Gasteiger partial charge >= 0.3 is 0 Å². The fourth-order valence-corrected chi connectivity index (χ4v) is 3.04. The Balaban J connectivity index is 1.41. The van der Waals surface area contributed by atoms with Crippen LogP contribution in [0.1, 0.15) is 5.56 Å². The highest BCUT2D eigenvalue weighted by molar-refractivity contribution is 5.75. The first-order valence-electron chi connectivity index (χ1n) is 8.06. The van der Waals surface area contributed by atoms with E-state index in [-0.39, 0.29) is 5.82 Å². The summed E-state index contributed by atoms with van der Waals surface area (Å²) in [5.74, 6) is 0.637. The Hall–Kier alpha value is -2.60. The van der Waals surface area contributed by atoms with E-state index in [1.165, 1.54) is 6.20 Å². The van der Waals surface area contributed by atoms with Crippen molar-refractivity contribution in [2.45, 2.75) is 6.54 Å². The molecule has 1 saturated heterocycles. The van der Waals surface area contributed by atoms with E-state index in [4.69, 9.17) is 4.98 Å². The van der Waals surface area contributed by atoms with Gasteiger partial charge in [0, 0.05) is 38.9 Å². The summed E-state index contributed by atoms with van der Waals surface area (Å²) in [5, 5.41) is 0. The van der Waals surface area contributed by atoms with Crippen LogP contribution in [0.3, 0.4) is 0 Å². The normalized spacial score (nSPS) is 15.8. The Bertz CT molecular complexity index is 845. The molecule has 3 aromatic rings. The third-order valence-corrected chi connectivity index (χ3v) is 4.30. The molecule has 0 bridgehead atoms. The first-order chi connectivity index (χ1) is 11.8. The van der Waals surface area contributed by atoms with Crippen LogP contribution in [0.2, 0.25) is 0 Å². The van der Waals surface area contributed by atoms with E-state index in [0.717, 1.165) is 55.1 Å². The predicted molar refractivity (Wildman–Crippen MR) is 91.2 cm³/mol. The average Bonchev–Trinajstić information content (AvgIpc) is 2.62. The van der Waals surface area contributed by atoms with E-state index in [1.54, 1.807) is 12.3 Å². The molecule has 0 radical (unpaired) electrons. The lowest BCUT2D eigenvalue weighted by Crippen LogP contribution is -2.46. The summed E-state index contributed by atoms with van der Waals surface area (Å²) in [5.41, 5.74) is 2.75. The van der Waals surface area contributed by atoms with Crippen molar-refractivity contribution in [3.05, 3.63) is 60.3 Å². The number of piperazine rings is 1. The monoisotopic (exact) mass is 323 g/mol. The van der Waals surface area contributed by atoms with Gasteiger partial charge < -0.3 is 4.90 Å². The SMILES string of the molecule is Fc1cncc(CN2CCN(c3cnc4ccccc4n3)CC2)c1. The third kappa shape index (κ3) is 3.19. The topological polar surface area (TPSA) is 45.2 Å². The quantitative estimate of drug-likeness (QED) is 0.741. The maximum atomic E-state index is 13.2. The number of para-hydroxylation sites is 2. The molecule has 0 N–H and O–H groups in total. The lowest BCUT2D eigenvalue weighted by atomic mass is 10.2. The van der Waals surface area contributed by atoms with E-state index >= 15 is 0 Å². The Morgan fingerprint density at radius 1 is 0.958 bits per heavy atom. The lowest BCUT2D eigenvalue weighted by molar-refractivity contribution is 0.248. The molecule has 1 aliphatic rings. The fraction of sp³-hybridized carbons (Fsp3) is 0.278. The van der Waals surface area contributed by atoms with Crippen molar-refractivity contribution in [1.82, 2.24) is 19.9 Å². The molecule has 0 atom stereocenters. The van der Waals surface area contributed by atoms with Gasteiger partial charge in [0.1, 0.15) is 11.6 Å². The molecule has 0 saturated carbocycles. The second-order valence-corrected chi connectivity index (χ2v) is 5.99. The Morgan fingerprint density at radius 3 is 2.54 bits per heavy atom. The smallest absolute Gasteiger partial charge is 0.147 e. The molecule has 0 unspecified atom stereocenters. The average molecular weight is 323 g/mol. The lowest BCUT2D eigenvalue weighted by Gasteiger charge is -2.35. The Morgan fingerprint density at radius 2 is 1.75 bits per heavy atom. The first-order valence-corrected chi connectivity index (χ1v) is 8.06. The van der Waals surface area contributed by atoms with Gasteiger partial charge in [0.25, 0.3) is 0 Å². The number of halogens is 1. The summed E-state index contributed by atoms with van der Waals surface area (Å²) in [6.45, 7) is 4.31. The molecule has 5 nitrogen and oxygen atoms in total. The highest BCUT2D eigenvalue weighted by Gasteiger charge is 2.18. The molecule has 1 aromatic carbocycles. The molecular formula is C18H18FN5. The van der Waals surface area contributed by atoms with Crippen molar-refractivity contribution in [3.8, 4) is 0 Å². The minimum atomic E-state index is -0.280. The zero-order chi connectivity index (χ0) is 16.4. The highest BCUT2D eigenvalue weighted by atomic mass is 19.1. The van der Waals surface area contributed by atoms with Gasteiger partial charge in [-0.3, -0.25) is 14.9 Å². The van der Waals surface area contributed by atoms with Crippen LogP contribution < -0.4 is 4.90 Å². The van der Waals surface area contributed by atoms with Gasteiger partial charge in [-0.05, 0) is 23.8 Å². The van der Waals surface area contributed by atoms with Crippen LogP contribution in [-0.2, 0) is 6.54 Å². The maximum Gasteiger partial charge on any atom is 0.147 e. The number of aromatic nitrogens is 3. The maximum absolute atomic E-state index is 13.2. The Labute approximate surface area is 139 Å². The number of nitrogens with zero attached hydrogens (tertiary/aromatic N) is 5. The summed E-state index contributed by atoms with van der Waals surface area (Å²) >= 11 is 0. The molecule has 122 valence electrons. The number of fused-ring (bicyclic) bond motifs is 1. The van der Waals surface area contributed by atoms with Gasteiger partial charge in [0.15, 0.2) is 0 Å². The third-order valence-electron chi connectivity index (χ3n) is 4.30. The van der Waals surface area contributed by atoms with E-state index in [2.05, 4.69) is 19.8 Å². The zero-order valence-corrected chi connectivity index (χ0v) is 13.3. The fourth-order valence-electron chi connectivity index (χ4n) is 3.04. The van der Waals surface area contributed by atoms with Crippen molar-refractivity contribution in [2.24, 2.45) is 0 Å². The van der Waals surface area contributed by atoms with Crippen molar-refractivity contribution in [2.75, 3.05) is 31.1 Å². The number of hydrogen-bond acceptors (Lipinski definition) is 5. The minimum Gasteiger partial charge on any atom is -0.353 e. The van der Waals surface area contributed by atoms with E-state index in [0.29, 0.717) is 0 Å². The van der Waals surface area contributed by atoms with E-state index < -0.39 is 0 Å². The number of benzene rings is 1. The van der Waals surface area contributed by atoms with Crippen LogP contribution in [0, 0.1) is 5.82 Å². The summed E-state index contributed by atoms with van der Waals surface area (Å²) in [6, 6.07) is 9.45. The van der Waals surface area contributed by atoms with Crippen molar-refractivity contribution < 1.29 is 4.39 Å². The highest BCUT2D eigenvalue weighted by Crippen LogP contribution is 2.17. The van der Waals surface area contributed by atoms with Gasteiger partial charge in [0.2, 0.25) is 0 Å². The molecule has 4 rings (SSSR count). The van der Waals surface area contributed by atoms with Crippen LogP contribution in [0.4, 0.5) is 10.2 Å². The predicted octanol–water partition coefficient (Wildman–Crippen LogP) is 2.49. The van der Waals surface area contributed by atoms with Crippen LogP contribution in [0.25, 0.3) is 11.0 Å². The molecule has 0 spiro atoms. The van der Waals surface area contributed by atoms with Gasteiger partial charge in [-0.2, -0.15) is 0 Å². The summed E-state index contributed by atoms with van der Waals surface area (Å²) in [6.07, 6.45) is 4.80.